The van der Waals surface area contributed by atoms with Gasteiger partial charge in [0.2, 0.25) is 0 Å². The Hall–Kier alpha value is -1.32. The lowest BCUT2D eigenvalue weighted by atomic mass is 9.94. The van der Waals surface area contributed by atoms with Gasteiger partial charge < -0.3 is 10.5 Å². The number of hydrogen-bond donors (Lipinski definition) is 1. The minimum Gasteiger partial charge on any atom is -0.481 e. The fourth-order valence-corrected chi connectivity index (χ4v) is 3.25. The van der Waals surface area contributed by atoms with Gasteiger partial charge in [-0.3, -0.25) is 4.90 Å². The molecule has 0 bridgehead atoms. The quantitative estimate of drug-likeness (QED) is 0.924. The second-order valence-electron chi connectivity index (χ2n) is 6.62. The zero-order valence-corrected chi connectivity index (χ0v) is 13.1. The topological polar surface area (TPSA) is 38.5 Å². The van der Waals surface area contributed by atoms with E-state index >= 15 is 0 Å². The molecule has 0 saturated carbocycles. The molecular formula is C18H26N2O. The Labute approximate surface area is 127 Å². The van der Waals surface area contributed by atoms with E-state index in [1.54, 1.807) is 0 Å². The Kier molecular flexibility index (Phi) is 4.05. The van der Waals surface area contributed by atoms with Gasteiger partial charge in [0.05, 0.1) is 0 Å². The van der Waals surface area contributed by atoms with E-state index < -0.39 is 0 Å². The number of nitrogens with two attached hydrogens (primary N) is 1. The molecule has 1 aromatic rings. The summed E-state index contributed by atoms with van der Waals surface area (Å²) in [5.74, 6) is 1.58. The van der Waals surface area contributed by atoms with E-state index in [1.165, 1.54) is 11.1 Å². The van der Waals surface area contributed by atoms with Crippen molar-refractivity contribution in [3.8, 4) is 5.75 Å². The standard InChI is InChI=1S/C18H26N2O/c1-14(2)15-4-5-17-16(12-15)6-7-18(21-17)8-11-20(13-18)10-3-9-19/h4-7,12,14H,3,8-11,13,19H2,1-2H3. The van der Waals surface area contributed by atoms with Crippen molar-refractivity contribution in [2.24, 2.45) is 5.73 Å². The van der Waals surface area contributed by atoms with Crippen molar-refractivity contribution in [2.45, 2.75) is 38.2 Å². The van der Waals surface area contributed by atoms with Crippen LogP contribution in [0.1, 0.15) is 43.7 Å². The molecule has 2 aliphatic heterocycles. The molecule has 3 nitrogen and oxygen atoms in total. The summed E-state index contributed by atoms with van der Waals surface area (Å²) in [4.78, 5) is 2.46. The number of likely N-dealkylation sites (tertiary alicyclic amines) is 1. The summed E-state index contributed by atoms with van der Waals surface area (Å²) in [6.07, 6.45) is 6.65. The first-order valence-electron chi connectivity index (χ1n) is 8.06. The van der Waals surface area contributed by atoms with Crippen molar-refractivity contribution in [3.63, 3.8) is 0 Å². The SMILES string of the molecule is CC(C)c1ccc2c(c1)C=CC1(CCN(CCCN)C1)O2. The maximum atomic E-state index is 6.37. The van der Waals surface area contributed by atoms with Gasteiger partial charge >= 0.3 is 0 Å². The Bertz CT molecular complexity index is 538. The fraction of sp³-hybridized carbons (Fsp3) is 0.556. The number of hydrogen-bond acceptors (Lipinski definition) is 3. The van der Waals surface area contributed by atoms with E-state index in [-0.39, 0.29) is 5.60 Å². The lowest BCUT2D eigenvalue weighted by Crippen LogP contribution is -2.39. The third kappa shape index (κ3) is 2.99. The second-order valence-corrected chi connectivity index (χ2v) is 6.62. The van der Waals surface area contributed by atoms with E-state index in [4.69, 9.17) is 10.5 Å². The van der Waals surface area contributed by atoms with Crippen LogP contribution in [-0.4, -0.2) is 36.7 Å². The molecule has 1 fully saturated rings. The summed E-state index contributed by atoms with van der Waals surface area (Å²) < 4.78 is 6.37. The second kappa shape index (κ2) is 5.82. The first-order valence-corrected chi connectivity index (χ1v) is 8.06. The van der Waals surface area contributed by atoms with Crippen molar-refractivity contribution in [1.82, 2.24) is 4.90 Å². The van der Waals surface area contributed by atoms with E-state index in [2.05, 4.69) is 49.1 Å². The number of fused-ring (bicyclic) bond motifs is 1. The first-order chi connectivity index (χ1) is 10.1. The molecular weight excluding hydrogens is 260 g/mol. The molecule has 1 atom stereocenters. The van der Waals surface area contributed by atoms with Crippen molar-refractivity contribution in [3.05, 3.63) is 35.4 Å². The highest BCUT2D eigenvalue weighted by Crippen LogP contribution is 2.37. The zero-order chi connectivity index (χ0) is 14.9. The first kappa shape index (κ1) is 14.6. The molecule has 2 N–H and O–H groups in total. The van der Waals surface area contributed by atoms with Crippen molar-refractivity contribution in [1.29, 1.82) is 0 Å². The normalized spacial score (nSPS) is 24.6. The van der Waals surface area contributed by atoms with E-state index in [1.807, 2.05) is 0 Å². The number of ether oxygens (including phenoxy) is 1. The van der Waals surface area contributed by atoms with Crippen LogP contribution in [0.25, 0.3) is 6.08 Å². The lowest BCUT2D eigenvalue weighted by Gasteiger charge is -2.32. The maximum Gasteiger partial charge on any atom is 0.141 e. The molecule has 0 amide bonds. The molecule has 0 radical (unpaired) electrons. The third-order valence-corrected chi connectivity index (χ3v) is 4.60. The molecule has 2 heterocycles. The Balaban J connectivity index is 1.74. The molecule has 1 unspecified atom stereocenters. The summed E-state index contributed by atoms with van der Waals surface area (Å²) in [7, 11) is 0. The summed E-state index contributed by atoms with van der Waals surface area (Å²) >= 11 is 0. The molecule has 1 aromatic carbocycles. The van der Waals surface area contributed by atoms with Crippen LogP contribution in [0.15, 0.2) is 24.3 Å². The van der Waals surface area contributed by atoms with Gasteiger partial charge in [0.15, 0.2) is 0 Å². The molecule has 1 saturated heterocycles. The molecule has 0 aliphatic carbocycles. The zero-order valence-electron chi connectivity index (χ0n) is 13.1. The van der Waals surface area contributed by atoms with Gasteiger partial charge in [-0.05, 0) is 49.2 Å². The van der Waals surface area contributed by atoms with Crippen LogP contribution >= 0.6 is 0 Å². The molecule has 114 valence electrons. The maximum absolute atomic E-state index is 6.37. The molecule has 3 heteroatoms. The largest absolute Gasteiger partial charge is 0.481 e. The van der Waals surface area contributed by atoms with E-state index in [0.29, 0.717) is 5.92 Å². The van der Waals surface area contributed by atoms with Crippen LogP contribution in [0.2, 0.25) is 0 Å². The van der Waals surface area contributed by atoms with Crippen LogP contribution in [0.3, 0.4) is 0 Å². The van der Waals surface area contributed by atoms with E-state index in [0.717, 1.165) is 44.8 Å². The van der Waals surface area contributed by atoms with Gasteiger partial charge in [-0.1, -0.05) is 26.0 Å². The van der Waals surface area contributed by atoms with Gasteiger partial charge in [0.1, 0.15) is 11.4 Å². The summed E-state index contributed by atoms with van der Waals surface area (Å²) in [5.41, 5.74) is 8.07. The van der Waals surface area contributed by atoms with Crippen LogP contribution in [0.4, 0.5) is 0 Å². The van der Waals surface area contributed by atoms with Crippen molar-refractivity contribution >= 4 is 6.08 Å². The predicted molar refractivity (Wildman–Crippen MR) is 87.7 cm³/mol. The van der Waals surface area contributed by atoms with E-state index in [9.17, 15) is 0 Å². The minimum atomic E-state index is -0.124. The van der Waals surface area contributed by atoms with Gasteiger partial charge in [-0.25, -0.2) is 0 Å². The molecule has 0 aromatic heterocycles. The number of nitrogens with zero attached hydrogens (tertiary/aromatic N) is 1. The third-order valence-electron chi connectivity index (χ3n) is 4.60. The molecule has 21 heavy (non-hydrogen) atoms. The van der Waals surface area contributed by atoms with Gasteiger partial charge in [-0.2, -0.15) is 0 Å². The van der Waals surface area contributed by atoms with Crippen LogP contribution in [0, 0.1) is 0 Å². The van der Waals surface area contributed by atoms with Gasteiger partial charge in [0.25, 0.3) is 0 Å². The number of rotatable bonds is 4. The molecule has 1 spiro atoms. The highest BCUT2D eigenvalue weighted by Gasteiger charge is 2.39. The highest BCUT2D eigenvalue weighted by atomic mass is 16.5. The summed E-state index contributed by atoms with van der Waals surface area (Å²) in [6.45, 7) is 8.38. The summed E-state index contributed by atoms with van der Waals surface area (Å²) in [5, 5.41) is 0. The molecule has 3 rings (SSSR count). The monoisotopic (exact) mass is 286 g/mol. The predicted octanol–water partition coefficient (Wildman–Crippen LogP) is 3.01. The highest BCUT2D eigenvalue weighted by molar-refractivity contribution is 5.62. The Morgan fingerprint density at radius 1 is 1.38 bits per heavy atom. The van der Waals surface area contributed by atoms with Crippen LogP contribution in [0.5, 0.6) is 5.75 Å². The van der Waals surface area contributed by atoms with Crippen molar-refractivity contribution < 1.29 is 4.74 Å². The smallest absolute Gasteiger partial charge is 0.141 e. The Morgan fingerprint density at radius 3 is 3.00 bits per heavy atom. The average Bonchev–Trinajstić information content (AvgIpc) is 2.87. The lowest BCUT2D eigenvalue weighted by molar-refractivity contribution is 0.123. The van der Waals surface area contributed by atoms with Crippen molar-refractivity contribution in [2.75, 3.05) is 26.2 Å². The Morgan fingerprint density at radius 2 is 2.24 bits per heavy atom. The number of benzene rings is 1. The summed E-state index contributed by atoms with van der Waals surface area (Å²) in [6, 6.07) is 6.58. The fourth-order valence-electron chi connectivity index (χ4n) is 3.25. The van der Waals surface area contributed by atoms with Crippen LogP contribution < -0.4 is 10.5 Å². The van der Waals surface area contributed by atoms with Crippen LogP contribution in [-0.2, 0) is 0 Å². The van der Waals surface area contributed by atoms with Gasteiger partial charge in [0, 0.05) is 25.1 Å². The molecule has 2 aliphatic rings. The minimum absolute atomic E-state index is 0.124. The van der Waals surface area contributed by atoms with Gasteiger partial charge in [-0.15, -0.1) is 0 Å². The average molecular weight is 286 g/mol.